The van der Waals surface area contributed by atoms with E-state index < -0.39 is 5.97 Å². The van der Waals surface area contributed by atoms with Gasteiger partial charge in [0, 0.05) is 15.7 Å². The highest BCUT2D eigenvalue weighted by atomic mass is 79.9. The van der Waals surface area contributed by atoms with Crippen LogP contribution in [0.5, 0.6) is 0 Å². The van der Waals surface area contributed by atoms with Crippen LogP contribution in [0.1, 0.15) is 39.0 Å². The van der Waals surface area contributed by atoms with Gasteiger partial charge in [-0.05, 0) is 50.6 Å². The van der Waals surface area contributed by atoms with Gasteiger partial charge in [0.05, 0.1) is 23.6 Å². The van der Waals surface area contributed by atoms with E-state index in [0.29, 0.717) is 33.6 Å². The third-order valence-electron chi connectivity index (χ3n) is 4.02. The molecule has 3 aromatic rings. The second-order valence-electron chi connectivity index (χ2n) is 5.94. The number of carbonyl (C=O) groups excluding carboxylic acids is 2. The number of H-pyrrole nitrogens is 1. The summed E-state index contributed by atoms with van der Waals surface area (Å²) in [7, 11) is 0. The fourth-order valence-electron chi connectivity index (χ4n) is 2.71. The highest BCUT2D eigenvalue weighted by molar-refractivity contribution is 9.10. The number of halogens is 1. The van der Waals surface area contributed by atoms with Gasteiger partial charge < -0.3 is 14.1 Å². The molecule has 0 spiro atoms. The third kappa shape index (κ3) is 4.36. The molecule has 0 unspecified atom stereocenters. The van der Waals surface area contributed by atoms with Gasteiger partial charge in [-0.2, -0.15) is 0 Å². The molecule has 28 heavy (non-hydrogen) atoms. The highest BCUT2D eigenvalue weighted by Crippen LogP contribution is 2.26. The van der Waals surface area contributed by atoms with Gasteiger partial charge in [-0.25, -0.2) is 4.79 Å². The predicted molar refractivity (Wildman–Crippen MR) is 109 cm³/mol. The van der Waals surface area contributed by atoms with E-state index in [9.17, 15) is 9.59 Å². The third-order valence-corrected chi connectivity index (χ3v) is 5.37. The maximum absolute atomic E-state index is 12.6. The van der Waals surface area contributed by atoms with Gasteiger partial charge in [-0.3, -0.25) is 4.79 Å². The molecule has 9 heteroatoms. The van der Waals surface area contributed by atoms with E-state index in [-0.39, 0.29) is 18.1 Å². The van der Waals surface area contributed by atoms with E-state index >= 15 is 0 Å². The van der Waals surface area contributed by atoms with E-state index in [1.54, 1.807) is 20.8 Å². The van der Waals surface area contributed by atoms with Crippen molar-refractivity contribution in [2.45, 2.75) is 26.0 Å². The maximum atomic E-state index is 12.6. The molecule has 0 fully saturated rings. The fourth-order valence-corrected chi connectivity index (χ4v) is 3.61. The standard InChI is InChI=1S/C19H18BrN3O4S/c1-4-26-18(25)15-10(2)16(21-11(15)3)14(24)9-28-19-23-22-17(27-19)12-5-7-13(20)8-6-12/h5-8,21H,4,9H2,1-3H3. The molecular formula is C19H18BrN3O4S. The van der Waals surface area contributed by atoms with Crippen LogP contribution in [0.2, 0.25) is 0 Å². The summed E-state index contributed by atoms with van der Waals surface area (Å²) in [6.07, 6.45) is 0. The van der Waals surface area contributed by atoms with E-state index in [2.05, 4.69) is 31.1 Å². The second kappa shape index (κ2) is 8.74. The number of carbonyl (C=O) groups is 2. The highest BCUT2D eigenvalue weighted by Gasteiger charge is 2.23. The zero-order chi connectivity index (χ0) is 20.3. The average molecular weight is 464 g/mol. The second-order valence-corrected chi connectivity index (χ2v) is 7.78. The first-order valence-electron chi connectivity index (χ1n) is 8.52. The first kappa shape index (κ1) is 20.3. The van der Waals surface area contributed by atoms with Crippen LogP contribution in [0.4, 0.5) is 0 Å². The molecule has 1 N–H and O–H groups in total. The van der Waals surface area contributed by atoms with Crippen molar-refractivity contribution in [3.05, 3.63) is 51.3 Å². The number of aromatic amines is 1. The first-order chi connectivity index (χ1) is 13.4. The van der Waals surface area contributed by atoms with Crippen LogP contribution < -0.4 is 0 Å². The number of aromatic nitrogens is 3. The number of aryl methyl sites for hydroxylation is 1. The van der Waals surface area contributed by atoms with Crippen molar-refractivity contribution in [2.24, 2.45) is 0 Å². The van der Waals surface area contributed by atoms with Crippen molar-refractivity contribution < 1.29 is 18.7 Å². The van der Waals surface area contributed by atoms with Gasteiger partial charge in [-0.15, -0.1) is 10.2 Å². The Hall–Kier alpha value is -2.39. The molecule has 3 rings (SSSR count). The summed E-state index contributed by atoms with van der Waals surface area (Å²) in [5.41, 5.74) is 2.79. The number of Topliss-reactive ketones (excluding diaryl/α,β-unsaturated/α-hetero) is 1. The number of hydrogen-bond acceptors (Lipinski definition) is 7. The number of thioether (sulfide) groups is 1. The van der Waals surface area contributed by atoms with Crippen LogP contribution in [-0.4, -0.2) is 39.3 Å². The molecule has 0 saturated carbocycles. The summed E-state index contributed by atoms with van der Waals surface area (Å²) in [6.45, 7) is 5.49. The molecule has 0 amide bonds. The van der Waals surface area contributed by atoms with Crippen LogP contribution in [0.25, 0.3) is 11.5 Å². The van der Waals surface area contributed by atoms with Crippen LogP contribution in [0.3, 0.4) is 0 Å². The van der Waals surface area contributed by atoms with Gasteiger partial charge in [0.15, 0.2) is 5.78 Å². The van der Waals surface area contributed by atoms with Crippen molar-refractivity contribution in [1.29, 1.82) is 0 Å². The van der Waals surface area contributed by atoms with Gasteiger partial charge in [0.2, 0.25) is 5.89 Å². The zero-order valence-electron chi connectivity index (χ0n) is 15.5. The number of rotatable bonds is 7. The maximum Gasteiger partial charge on any atom is 0.340 e. The smallest absolute Gasteiger partial charge is 0.340 e. The summed E-state index contributed by atoms with van der Waals surface area (Å²) in [5.74, 6) is -0.106. The number of ether oxygens (including phenoxy) is 1. The quantitative estimate of drug-likeness (QED) is 0.310. The van der Waals surface area contributed by atoms with Crippen LogP contribution in [-0.2, 0) is 4.74 Å². The minimum Gasteiger partial charge on any atom is -0.462 e. The number of benzene rings is 1. The van der Waals surface area contributed by atoms with E-state index in [1.807, 2.05) is 24.3 Å². The molecule has 0 aliphatic rings. The van der Waals surface area contributed by atoms with Gasteiger partial charge >= 0.3 is 5.97 Å². The Kier molecular flexibility index (Phi) is 6.35. The Morgan fingerprint density at radius 3 is 2.61 bits per heavy atom. The molecule has 7 nitrogen and oxygen atoms in total. The lowest BCUT2D eigenvalue weighted by molar-refractivity contribution is 0.0525. The zero-order valence-corrected chi connectivity index (χ0v) is 17.9. The summed E-state index contributed by atoms with van der Waals surface area (Å²) < 4.78 is 11.6. The van der Waals surface area contributed by atoms with E-state index in [1.165, 1.54) is 0 Å². The van der Waals surface area contributed by atoms with Crippen molar-refractivity contribution in [3.8, 4) is 11.5 Å². The summed E-state index contributed by atoms with van der Waals surface area (Å²) in [4.78, 5) is 27.7. The number of nitrogens with one attached hydrogen (secondary N) is 1. The Labute approximate surface area is 174 Å². The molecule has 0 bridgehead atoms. The van der Waals surface area contributed by atoms with Crippen molar-refractivity contribution in [1.82, 2.24) is 15.2 Å². The molecule has 0 aliphatic heterocycles. The Balaban J connectivity index is 1.69. The normalized spacial score (nSPS) is 10.9. The monoisotopic (exact) mass is 463 g/mol. The van der Waals surface area contributed by atoms with E-state index in [4.69, 9.17) is 9.15 Å². The van der Waals surface area contributed by atoms with Gasteiger partial charge in [0.1, 0.15) is 0 Å². The summed E-state index contributed by atoms with van der Waals surface area (Å²) >= 11 is 4.53. The number of ketones is 1. The van der Waals surface area contributed by atoms with Crippen molar-refractivity contribution >= 4 is 39.4 Å². The van der Waals surface area contributed by atoms with Crippen molar-refractivity contribution in [2.75, 3.05) is 12.4 Å². The lowest BCUT2D eigenvalue weighted by Crippen LogP contribution is -2.08. The number of esters is 1. The van der Waals surface area contributed by atoms with E-state index in [0.717, 1.165) is 21.8 Å². The minimum atomic E-state index is -0.434. The fraction of sp³-hybridized carbons (Fsp3) is 0.263. The topological polar surface area (TPSA) is 98.1 Å². The van der Waals surface area contributed by atoms with Crippen LogP contribution in [0.15, 0.2) is 38.4 Å². The molecule has 1 aromatic carbocycles. The van der Waals surface area contributed by atoms with Crippen LogP contribution >= 0.6 is 27.7 Å². The SMILES string of the molecule is CCOC(=O)c1c(C)[nH]c(C(=O)CSc2nnc(-c3ccc(Br)cc3)o2)c1C. The van der Waals surface area contributed by atoms with Gasteiger partial charge in [-0.1, -0.05) is 27.7 Å². The Morgan fingerprint density at radius 2 is 1.93 bits per heavy atom. The molecule has 0 radical (unpaired) electrons. The molecule has 2 aromatic heterocycles. The number of hydrogen-bond donors (Lipinski definition) is 1. The number of nitrogens with zero attached hydrogens (tertiary/aromatic N) is 2. The van der Waals surface area contributed by atoms with Gasteiger partial charge in [0.25, 0.3) is 5.22 Å². The minimum absolute atomic E-state index is 0.102. The lowest BCUT2D eigenvalue weighted by atomic mass is 10.1. The Morgan fingerprint density at radius 1 is 1.21 bits per heavy atom. The molecule has 2 heterocycles. The molecular weight excluding hydrogens is 446 g/mol. The predicted octanol–water partition coefficient (Wildman–Crippen LogP) is 4.60. The summed E-state index contributed by atoms with van der Waals surface area (Å²) in [6, 6.07) is 7.49. The first-order valence-corrected chi connectivity index (χ1v) is 10.3. The molecule has 0 saturated heterocycles. The average Bonchev–Trinajstić information content (AvgIpc) is 3.25. The van der Waals surface area contributed by atoms with Crippen LogP contribution in [0, 0.1) is 13.8 Å². The molecule has 146 valence electrons. The summed E-state index contributed by atoms with van der Waals surface area (Å²) in [5, 5.41) is 8.29. The van der Waals surface area contributed by atoms with Crippen molar-refractivity contribution in [3.63, 3.8) is 0 Å². The largest absolute Gasteiger partial charge is 0.462 e. The molecule has 0 atom stereocenters. The Bertz CT molecular complexity index is 1010. The lowest BCUT2D eigenvalue weighted by Gasteiger charge is -2.02. The molecule has 0 aliphatic carbocycles.